The maximum absolute atomic E-state index is 14.1. The van der Waals surface area contributed by atoms with E-state index in [1.54, 1.807) is 46.7 Å². The standard InChI is InChI=1S/C59H83N11O8S2/c1-6-7-30-60-58-62-37-48-52(66-70(55(48)65-58)44-24-26-45(71)27-25-44)42-22-28-47(29-23-42)80(77,78)68-33-31-67(32-34-68)51(74)17-15-13-11-9-8-10-12-14-16-50(73)64-54(59(3,4)5)57(76)69-38-46(72)35-49(69)56(75)61-36-41-18-20-43(21-19-41)53-40(2)63-39-79-53/h18-23,28-29,37,39,44-46,49,54,71-72H,6-17,24-27,30-36,38H2,1-5H3,(H,61,75)(H,64,73)(H,60,62,65)/t44-,45-,46-,49+,54-/m1/s1. The summed E-state index contributed by atoms with van der Waals surface area (Å²) in [5.74, 6) is -0.359. The summed E-state index contributed by atoms with van der Waals surface area (Å²) >= 11 is 1.58. The highest BCUT2D eigenvalue weighted by atomic mass is 32.2. The number of piperazine rings is 1. The highest BCUT2D eigenvalue weighted by Gasteiger charge is 2.44. The monoisotopic (exact) mass is 1140 g/mol. The zero-order valence-electron chi connectivity index (χ0n) is 47.4. The number of sulfonamides is 1. The van der Waals surface area contributed by atoms with Crippen LogP contribution in [0.5, 0.6) is 0 Å². The summed E-state index contributed by atoms with van der Waals surface area (Å²) in [6.07, 6.45) is 13.7. The number of nitrogens with zero attached hydrogens (tertiary/aromatic N) is 8. The zero-order chi connectivity index (χ0) is 57.0. The first kappa shape index (κ1) is 60.2. The summed E-state index contributed by atoms with van der Waals surface area (Å²) in [6, 6.07) is 13.1. The smallest absolute Gasteiger partial charge is 0.246 e. The minimum absolute atomic E-state index is 0.0158. The van der Waals surface area contributed by atoms with E-state index < -0.39 is 33.6 Å². The Balaban J connectivity index is 0.707. The summed E-state index contributed by atoms with van der Waals surface area (Å²) in [5.41, 5.74) is 6.25. The lowest BCUT2D eigenvalue weighted by molar-refractivity contribution is -0.144. The minimum atomic E-state index is -3.80. The fourth-order valence-corrected chi connectivity index (χ4v) is 13.3. The van der Waals surface area contributed by atoms with Gasteiger partial charge in [-0.05, 0) is 80.5 Å². The largest absolute Gasteiger partial charge is 0.393 e. The van der Waals surface area contributed by atoms with E-state index in [0.717, 1.165) is 110 Å². The number of carbonyl (C=O) groups is 4. The molecule has 0 bridgehead atoms. The number of thiazole rings is 1. The third-order valence-corrected chi connectivity index (χ3v) is 18.8. The average molecular weight is 1140 g/mol. The molecule has 3 aliphatic rings. The Morgan fingerprint density at radius 3 is 2.09 bits per heavy atom. The fourth-order valence-electron chi connectivity index (χ4n) is 11.1. The number of aryl methyl sites for hydroxylation is 1. The minimum Gasteiger partial charge on any atom is -0.393 e. The van der Waals surface area contributed by atoms with Gasteiger partial charge in [-0.25, -0.2) is 23.1 Å². The summed E-state index contributed by atoms with van der Waals surface area (Å²) < 4.78 is 31.1. The van der Waals surface area contributed by atoms with Crippen LogP contribution in [0.3, 0.4) is 0 Å². The van der Waals surface area contributed by atoms with Crippen molar-refractivity contribution in [1.82, 2.24) is 49.5 Å². The quantitative estimate of drug-likeness (QED) is 0.0347. The number of nitrogens with one attached hydrogen (secondary N) is 3. The highest BCUT2D eigenvalue weighted by Crippen LogP contribution is 2.36. The van der Waals surface area contributed by atoms with Gasteiger partial charge in [0.1, 0.15) is 17.8 Å². The first-order valence-corrected chi connectivity index (χ1v) is 31.3. The lowest BCUT2D eigenvalue weighted by Crippen LogP contribution is -2.57. The van der Waals surface area contributed by atoms with Crippen molar-refractivity contribution in [2.75, 3.05) is 44.6 Å². The van der Waals surface area contributed by atoms with Crippen molar-refractivity contribution in [3.63, 3.8) is 0 Å². The molecule has 3 aromatic heterocycles. The van der Waals surface area contributed by atoms with E-state index in [1.165, 1.54) is 9.21 Å². The van der Waals surface area contributed by atoms with Crippen molar-refractivity contribution in [3.8, 4) is 21.7 Å². The first-order chi connectivity index (χ1) is 38.4. The van der Waals surface area contributed by atoms with Gasteiger partial charge in [-0.1, -0.05) is 109 Å². The van der Waals surface area contributed by atoms with Crippen LogP contribution in [0.25, 0.3) is 32.7 Å². The van der Waals surface area contributed by atoms with Gasteiger partial charge < -0.3 is 36.0 Å². The van der Waals surface area contributed by atoms with Crippen LogP contribution in [0.15, 0.2) is 65.1 Å². The Labute approximate surface area is 475 Å². The molecule has 8 rings (SSSR count). The van der Waals surface area contributed by atoms with E-state index in [0.29, 0.717) is 56.1 Å². The van der Waals surface area contributed by atoms with Gasteiger partial charge in [-0.15, -0.1) is 11.3 Å². The second-order valence-corrected chi connectivity index (χ2v) is 25.8. The number of hydrogen-bond acceptors (Lipinski definition) is 14. The molecule has 5 aromatic rings. The van der Waals surface area contributed by atoms with Crippen LogP contribution in [0, 0.1) is 12.3 Å². The number of amides is 4. The Kier molecular flexibility index (Phi) is 20.9. The molecule has 0 radical (unpaired) electrons. The number of β-amino-alcohol motifs (C(OH)–C–C–N with tert-alkyl or cyclic N) is 1. The second-order valence-electron chi connectivity index (χ2n) is 23.0. The molecule has 4 amide bonds. The van der Waals surface area contributed by atoms with Crippen molar-refractivity contribution >= 4 is 62.0 Å². The average Bonchev–Trinajstić information content (AvgIpc) is 4.19. The van der Waals surface area contributed by atoms with Crippen molar-refractivity contribution in [3.05, 3.63) is 71.5 Å². The van der Waals surface area contributed by atoms with E-state index in [4.69, 9.17) is 10.1 Å². The molecule has 2 saturated heterocycles. The predicted octanol–water partition coefficient (Wildman–Crippen LogP) is 8.16. The van der Waals surface area contributed by atoms with E-state index in [9.17, 15) is 37.8 Å². The van der Waals surface area contributed by atoms with Crippen LogP contribution in [0.1, 0.15) is 154 Å². The summed E-state index contributed by atoms with van der Waals surface area (Å²) in [5, 5.41) is 35.8. The molecule has 1 saturated carbocycles. The number of likely N-dealkylation sites (tertiary alicyclic amines) is 1. The van der Waals surface area contributed by atoms with Crippen molar-refractivity contribution in [2.24, 2.45) is 5.41 Å². The molecule has 19 nitrogen and oxygen atoms in total. The normalized spacial score (nSPS) is 19.5. The molecule has 5 N–H and O–H groups in total. The number of hydrogen-bond donors (Lipinski definition) is 5. The molecule has 0 unspecified atom stereocenters. The number of carbonyl (C=O) groups excluding carboxylic acids is 4. The van der Waals surface area contributed by atoms with Gasteiger partial charge in [0.25, 0.3) is 0 Å². The fraction of sp³-hybridized carbons (Fsp3) is 0.593. The number of fused-ring (bicyclic) bond motifs is 1. The van der Waals surface area contributed by atoms with E-state index in [-0.39, 0.29) is 79.7 Å². The molecule has 2 aromatic carbocycles. The van der Waals surface area contributed by atoms with Crippen LogP contribution in [-0.4, -0.2) is 145 Å². The lowest BCUT2D eigenvalue weighted by Gasteiger charge is -2.35. The predicted molar refractivity (Wildman–Crippen MR) is 311 cm³/mol. The van der Waals surface area contributed by atoms with Crippen LogP contribution in [-0.2, 0) is 35.7 Å². The first-order valence-electron chi connectivity index (χ1n) is 29.0. The van der Waals surface area contributed by atoms with Gasteiger partial charge in [-0.3, -0.25) is 19.2 Å². The van der Waals surface area contributed by atoms with Crippen LogP contribution < -0.4 is 16.0 Å². The molecular formula is C59H83N11O8S2. The third-order valence-electron chi connectivity index (χ3n) is 15.9. The van der Waals surface area contributed by atoms with E-state index in [2.05, 4.69) is 32.8 Å². The number of benzene rings is 2. The van der Waals surface area contributed by atoms with Gasteiger partial charge in [0.05, 0.1) is 44.6 Å². The molecule has 5 heterocycles. The molecule has 0 spiro atoms. The van der Waals surface area contributed by atoms with Gasteiger partial charge in [0.15, 0.2) is 5.65 Å². The molecule has 3 fully saturated rings. The third kappa shape index (κ3) is 15.4. The van der Waals surface area contributed by atoms with Gasteiger partial charge in [0, 0.05) is 76.8 Å². The highest BCUT2D eigenvalue weighted by molar-refractivity contribution is 7.89. The molecule has 2 aliphatic heterocycles. The molecular weight excluding hydrogens is 1050 g/mol. The van der Waals surface area contributed by atoms with Crippen LogP contribution in [0.2, 0.25) is 0 Å². The maximum Gasteiger partial charge on any atom is 0.246 e. The second kappa shape index (κ2) is 27.7. The number of rotatable bonds is 25. The number of anilines is 1. The molecule has 1 aliphatic carbocycles. The maximum atomic E-state index is 14.1. The summed E-state index contributed by atoms with van der Waals surface area (Å²) in [6.45, 7) is 11.9. The SMILES string of the molecule is CCCCNc1ncc2c(-c3ccc(S(=O)(=O)N4CCN(C(=O)CCCCCCCCCCC(=O)N[C@H](C(=O)N5C[C@H](O)C[C@H]5C(=O)NCc5ccc(-c6scnc6C)cc5)C(C)(C)C)CC4)cc3)nn([C@H]3CC[C@H](O)CC3)c2n1. The number of unbranched alkanes of at least 4 members (excludes halogenated alkanes) is 8. The Hall–Kier alpha value is -5.87. The van der Waals surface area contributed by atoms with Crippen molar-refractivity contribution < 1.29 is 37.8 Å². The molecule has 3 atom stereocenters. The molecule has 21 heteroatoms. The zero-order valence-corrected chi connectivity index (χ0v) is 49.0. The van der Waals surface area contributed by atoms with Crippen LogP contribution in [0.4, 0.5) is 5.95 Å². The number of aliphatic hydroxyl groups excluding tert-OH is 2. The topological polar surface area (TPSA) is 245 Å². The number of aromatic nitrogens is 5. The van der Waals surface area contributed by atoms with Crippen molar-refractivity contribution in [2.45, 2.75) is 186 Å². The van der Waals surface area contributed by atoms with Crippen molar-refractivity contribution in [1.29, 1.82) is 0 Å². The van der Waals surface area contributed by atoms with Gasteiger partial charge in [-0.2, -0.15) is 14.4 Å². The summed E-state index contributed by atoms with van der Waals surface area (Å²) in [4.78, 5) is 72.2. The van der Waals surface area contributed by atoms with Gasteiger partial charge >= 0.3 is 0 Å². The Morgan fingerprint density at radius 2 is 1.45 bits per heavy atom. The molecule has 80 heavy (non-hydrogen) atoms. The summed E-state index contributed by atoms with van der Waals surface area (Å²) in [7, 11) is -3.80. The van der Waals surface area contributed by atoms with E-state index in [1.807, 2.05) is 62.2 Å². The molecule has 434 valence electrons. The van der Waals surface area contributed by atoms with E-state index >= 15 is 0 Å². The lowest BCUT2D eigenvalue weighted by atomic mass is 9.85. The van der Waals surface area contributed by atoms with Crippen LogP contribution >= 0.6 is 11.3 Å². The number of aliphatic hydroxyl groups is 2. The van der Waals surface area contributed by atoms with Gasteiger partial charge in [0.2, 0.25) is 39.6 Å². The Morgan fingerprint density at radius 1 is 0.800 bits per heavy atom. The Bertz CT molecular complexity index is 2980.